The molecule has 2 rings (SSSR count). The minimum absolute atomic E-state index is 0.0151. The number of benzene rings is 1. The molecular weight excluding hydrogens is 377 g/mol. The van der Waals surface area contributed by atoms with Crippen molar-refractivity contribution in [3.05, 3.63) is 23.0 Å². The smallest absolute Gasteiger partial charge is 0.315 e. The van der Waals surface area contributed by atoms with Crippen LogP contribution in [-0.2, 0) is 9.53 Å². The van der Waals surface area contributed by atoms with Crippen LogP contribution < -0.4 is 10.7 Å². The number of nitrogens with zero attached hydrogens (tertiary/aromatic N) is 1. The molecule has 1 fully saturated rings. The molecule has 1 aromatic carbocycles. The normalized spacial score (nSPS) is 15.1. The lowest BCUT2D eigenvalue weighted by Crippen LogP contribution is -2.39. The van der Waals surface area contributed by atoms with Gasteiger partial charge in [0.15, 0.2) is 0 Å². The fourth-order valence-electron chi connectivity index (χ4n) is 1.91. The third-order valence-corrected chi connectivity index (χ3v) is 5.35. The van der Waals surface area contributed by atoms with E-state index < -0.39 is 17.0 Å². The number of hydrogen-bond donors (Lipinski definition) is 2. The monoisotopic (exact) mass is 393 g/mol. The van der Waals surface area contributed by atoms with Crippen LogP contribution >= 0.6 is 35.3 Å². The Morgan fingerprint density at radius 2 is 2.25 bits per heavy atom. The summed E-state index contributed by atoms with van der Waals surface area (Å²) in [5, 5.41) is 2.27. The van der Waals surface area contributed by atoms with Gasteiger partial charge in [-0.05, 0) is 25.0 Å². The molecule has 1 amide bonds. The van der Waals surface area contributed by atoms with Crippen LogP contribution in [0, 0.1) is 5.82 Å². The fourth-order valence-corrected chi connectivity index (χ4v) is 3.74. The Labute approximate surface area is 152 Å². The van der Waals surface area contributed by atoms with Crippen LogP contribution in [-0.4, -0.2) is 41.6 Å². The maximum atomic E-state index is 14.0. The van der Waals surface area contributed by atoms with Gasteiger partial charge in [0.2, 0.25) is 0 Å². The van der Waals surface area contributed by atoms with E-state index in [0.717, 1.165) is 55.7 Å². The highest BCUT2D eigenvalue weighted by molar-refractivity contribution is 8.11. The van der Waals surface area contributed by atoms with Gasteiger partial charge < -0.3 is 10.1 Å². The number of thioether (sulfide) groups is 1. The molecule has 0 saturated carbocycles. The predicted molar refractivity (Wildman–Crippen MR) is 94.7 cm³/mol. The molecular formula is C14H17ClFN3O3S2. The van der Waals surface area contributed by atoms with Gasteiger partial charge in [-0.2, -0.15) is 4.41 Å². The van der Waals surface area contributed by atoms with Crippen molar-refractivity contribution in [3.8, 4) is 0 Å². The van der Waals surface area contributed by atoms with Crippen LogP contribution in [0.25, 0.3) is 0 Å². The number of anilines is 1. The maximum absolute atomic E-state index is 14.0. The lowest BCUT2D eigenvalue weighted by Gasteiger charge is -2.25. The van der Waals surface area contributed by atoms with Crippen LogP contribution in [0.15, 0.2) is 17.0 Å². The molecule has 132 valence electrons. The highest BCUT2D eigenvalue weighted by Gasteiger charge is 2.17. The number of hydrazine groups is 1. The molecule has 1 aliphatic heterocycles. The minimum Gasteiger partial charge on any atom is -0.468 e. The molecule has 24 heavy (non-hydrogen) atoms. The van der Waals surface area contributed by atoms with E-state index in [1.54, 1.807) is 4.41 Å². The second-order valence-corrected chi connectivity index (χ2v) is 7.27. The first kappa shape index (κ1) is 19.3. The van der Waals surface area contributed by atoms with Crippen molar-refractivity contribution in [1.82, 2.24) is 9.84 Å². The van der Waals surface area contributed by atoms with Gasteiger partial charge in [0.1, 0.15) is 5.82 Å². The Morgan fingerprint density at radius 1 is 1.46 bits per heavy atom. The predicted octanol–water partition coefficient (Wildman–Crippen LogP) is 3.52. The molecule has 1 aliphatic rings. The molecule has 6 nitrogen and oxygen atoms in total. The van der Waals surface area contributed by atoms with Crippen molar-refractivity contribution in [1.29, 1.82) is 0 Å². The van der Waals surface area contributed by atoms with E-state index in [2.05, 4.69) is 15.5 Å². The summed E-state index contributed by atoms with van der Waals surface area (Å²) in [5.74, 6) is -1.01. The Bertz CT molecular complexity index is 615. The number of nitrogens with one attached hydrogen (secondary N) is 2. The van der Waals surface area contributed by atoms with Gasteiger partial charge in [0.05, 0.1) is 23.6 Å². The summed E-state index contributed by atoms with van der Waals surface area (Å²) >= 11 is 8.03. The van der Waals surface area contributed by atoms with Crippen molar-refractivity contribution < 1.29 is 18.7 Å². The molecule has 0 spiro atoms. The highest BCUT2D eigenvalue weighted by Crippen LogP contribution is 2.32. The first-order chi connectivity index (χ1) is 11.5. The summed E-state index contributed by atoms with van der Waals surface area (Å²) in [6, 6.07) is 2.52. The Kier molecular flexibility index (Phi) is 7.63. The van der Waals surface area contributed by atoms with Gasteiger partial charge in [0.25, 0.3) is 5.24 Å². The van der Waals surface area contributed by atoms with Gasteiger partial charge in [-0.1, -0.05) is 11.6 Å². The molecule has 1 saturated heterocycles. The van der Waals surface area contributed by atoms with Gasteiger partial charge >= 0.3 is 5.97 Å². The first-order valence-corrected chi connectivity index (χ1v) is 9.32. The number of hydrogen-bond acceptors (Lipinski definition) is 7. The van der Waals surface area contributed by atoms with E-state index in [-0.39, 0.29) is 16.5 Å². The molecule has 1 heterocycles. The largest absolute Gasteiger partial charge is 0.468 e. The average Bonchev–Trinajstić information content (AvgIpc) is 2.56. The van der Waals surface area contributed by atoms with E-state index in [4.69, 9.17) is 11.6 Å². The van der Waals surface area contributed by atoms with Gasteiger partial charge in [-0.25, -0.2) is 9.82 Å². The second kappa shape index (κ2) is 9.47. The topological polar surface area (TPSA) is 70.7 Å². The molecule has 0 radical (unpaired) electrons. The van der Waals surface area contributed by atoms with E-state index in [1.807, 2.05) is 0 Å². The lowest BCUT2D eigenvalue weighted by atomic mass is 10.3. The standard InChI is InChI=1S/C14H17ClFN3O3S2/c1-22-13(20)8-23-12-7-11(10(16)6-9(12)15)18-14(21)24-19-5-3-2-4-17-19/h6-7,17H,2-5,8H2,1H3,(H,18,21). The number of methoxy groups -OCH3 is 1. The zero-order valence-corrected chi connectivity index (χ0v) is 15.3. The summed E-state index contributed by atoms with van der Waals surface area (Å²) in [5.41, 5.74) is 3.09. The number of ether oxygens (including phenoxy) is 1. The second-order valence-electron chi connectivity index (χ2n) is 4.85. The van der Waals surface area contributed by atoms with Gasteiger partial charge in [0, 0.05) is 29.9 Å². The number of amides is 1. The summed E-state index contributed by atoms with van der Waals surface area (Å²) in [7, 11) is 1.28. The average molecular weight is 394 g/mol. The van der Waals surface area contributed by atoms with Crippen LogP contribution in [0.1, 0.15) is 12.8 Å². The SMILES string of the molecule is COC(=O)CSc1cc(NC(=O)SN2CCCCN2)c(F)cc1Cl. The molecule has 0 aromatic heterocycles. The molecule has 0 unspecified atom stereocenters. The number of carbonyl (C=O) groups excluding carboxylic acids is 2. The zero-order valence-electron chi connectivity index (χ0n) is 12.9. The Hall–Kier alpha value is -1.00. The summed E-state index contributed by atoms with van der Waals surface area (Å²) in [6.45, 7) is 1.55. The molecule has 0 bridgehead atoms. The van der Waals surface area contributed by atoms with E-state index in [9.17, 15) is 14.0 Å². The molecule has 0 atom stereocenters. The lowest BCUT2D eigenvalue weighted by molar-refractivity contribution is -0.137. The Balaban J connectivity index is 2.00. The molecule has 2 N–H and O–H groups in total. The number of esters is 1. The van der Waals surface area contributed by atoms with E-state index in [0.29, 0.717) is 4.90 Å². The number of rotatable bonds is 5. The van der Waals surface area contributed by atoms with Crippen LogP contribution in [0.2, 0.25) is 5.02 Å². The molecule has 10 heteroatoms. The number of halogens is 2. The van der Waals surface area contributed by atoms with Crippen molar-refractivity contribution >= 4 is 52.2 Å². The first-order valence-electron chi connectivity index (χ1n) is 7.18. The Morgan fingerprint density at radius 3 is 2.92 bits per heavy atom. The van der Waals surface area contributed by atoms with Crippen molar-refractivity contribution in [2.75, 3.05) is 31.3 Å². The van der Waals surface area contributed by atoms with Crippen LogP contribution in [0.4, 0.5) is 14.9 Å². The zero-order chi connectivity index (χ0) is 17.5. The van der Waals surface area contributed by atoms with Crippen LogP contribution in [0.3, 0.4) is 0 Å². The maximum Gasteiger partial charge on any atom is 0.315 e. The van der Waals surface area contributed by atoms with Crippen molar-refractivity contribution in [2.45, 2.75) is 17.7 Å². The fraction of sp³-hybridized carbons (Fsp3) is 0.429. The van der Waals surface area contributed by atoms with Gasteiger partial charge in [-0.3, -0.25) is 9.59 Å². The summed E-state index contributed by atoms with van der Waals surface area (Å²) in [4.78, 5) is 23.7. The quantitative estimate of drug-likeness (QED) is 0.450. The molecule has 0 aliphatic carbocycles. The summed E-state index contributed by atoms with van der Waals surface area (Å²) < 4.78 is 20.3. The third kappa shape index (κ3) is 5.82. The van der Waals surface area contributed by atoms with Gasteiger partial charge in [-0.15, -0.1) is 11.8 Å². The highest BCUT2D eigenvalue weighted by atomic mass is 35.5. The third-order valence-electron chi connectivity index (χ3n) is 3.10. The van der Waals surface area contributed by atoms with E-state index in [1.165, 1.54) is 13.2 Å². The van der Waals surface area contributed by atoms with E-state index >= 15 is 0 Å². The van der Waals surface area contributed by atoms with Crippen molar-refractivity contribution in [2.24, 2.45) is 0 Å². The van der Waals surface area contributed by atoms with Crippen LogP contribution in [0.5, 0.6) is 0 Å². The molecule has 1 aromatic rings. The summed E-state index contributed by atoms with van der Waals surface area (Å²) in [6.07, 6.45) is 2.06. The van der Waals surface area contributed by atoms with Crippen molar-refractivity contribution in [3.63, 3.8) is 0 Å². The number of carbonyl (C=O) groups is 2. The minimum atomic E-state index is -0.636.